The second kappa shape index (κ2) is 6.77. The molecule has 0 aliphatic carbocycles. The van der Waals surface area contributed by atoms with E-state index in [1.54, 1.807) is 27.7 Å². The molecule has 1 amide bonds. The Morgan fingerprint density at radius 1 is 1.28 bits per heavy atom. The lowest BCUT2D eigenvalue weighted by atomic mass is 9.92. The Hall–Kier alpha value is -3.07. The van der Waals surface area contributed by atoms with E-state index in [0.29, 0.717) is 16.9 Å². The number of rotatable bonds is 2. The smallest absolute Gasteiger partial charge is 0.273 e. The number of fused-ring (bicyclic) bond motifs is 2. The SMILES string of the molecule is Bc1cc2nc(C(=O)N3CC(F)c4ccccc4C3C)cc(-c3nccs3)n2n1. The number of nitrogens with zero attached hydrogens (tertiary/aromatic N) is 5. The Balaban J connectivity index is 1.60. The number of aromatic nitrogens is 4. The van der Waals surface area contributed by atoms with E-state index >= 15 is 0 Å². The number of benzene rings is 1. The Bertz CT molecular complexity index is 1230. The lowest BCUT2D eigenvalue weighted by Crippen LogP contribution is -2.40. The van der Waals surface area contributed by atoms with Gasteiger partial charge in [-0.3, -0.25) is 4.79 Å². The molecule has 0 radical (unpaired) electrons. The van der Waals surface area contributed by atoms with E-state index in [-0.39, 0.29) is 24.2 Å². The summed E-state index contributed by atoms with van der Waals surface area (Å²) >= 11 is 1.46. The van der Waals surface area contributed by atoms with Crippen LogP contribution >= 0.6 is 11.3 Å². The highest BCUT2D eigenvalue weighted by molar-refractivity contribution is 7.13. The van der Waals surface area contributed by atoms with Gasteiger partial charge in [-0.05, 0) is 30.2 Å². The number of hydrogen-bond donors (Lipinski definition) is 0. The number of amides is 1. The fourth-order valence-electron chi connectivity index (χ4n) is 3.88. The predicted molar refractivity (Wildman–Crippen MR) is 112 cm³/mol. The molecule has 0 bridgehead atoms. The summed E-state index contributed by atoms with van der Waals surface area (Å²) in [5.41, 5.74) is 3.82. The summed E-state index contributed by atoms with van der Waals surface area (Å²) in [5.74, 6) is -0.297. The van der Waals surface area contributed by atoms with Gasteiger partial charge in [-0.25, -0.2) is 18.9 Å². The van der Waals surface area contributed by atoms with Crippen LogP contribution in [0.3, 0.4) is 0 Å². The highest BCUT2D eigenvalue weighted by Gasteiger charge is 2.34. The maximum Gasteiger partial charge on any atom is 0.273 e. The molecule has 1 aliphatic rings. The molecular formula is C20H17BFN5OS. The minimum atomic E-state index is -1.22. The monoisotopic (exact) mass is 405 g/mol. The number of thiazole rings is 1. The normalized spacial score (nSPS) is 18.8. The summed E-state index contributed by atoms with van der Waals surface area (Å²) in [6, 6.07) is 10.6. The molecule has 144 valence electrons. The van der Waals surface area contributed by atoms with Crippen LogP contribution in [0.15, 0.2) is 48.0 Å². The van der Waals surface area contributed by atoms with Crippen molar-refractivity contribution < 1.29 is 9.18 Å². The summed E-state index contributed by atoms with van der Waals surface area (Å²) in [6.45, 7) is 1.93. The molecule has 4 heterocycles. The summed E-state index contributed by atoms with van der Waals surface area (Å²) in [7, 11) is 1.87. The first kappa shape index (κ1) is 18.0. The van der Waals surface area contributed by atoms with Gasteiger partial charge < -0.3 is 4.90 Å². The minimum Gasteiger partial charge on any atom is -0.327 e. The average molecular weight is 405 g/mol. The van der Waals surface area contributed by atoms with Crippen LogP contribution in [0.25, 0.3) is 16.3 Å². The van der Waals surface area contributed by atoms with Crippen molar-refractivity contribution in [2.24, 2.45) is 0 Å². The molecule has 0 fully saturated rings. The third kappa shape index (κ3) is 2.93. The number of halogens is 1. The Morgan fingerprint density at radius 2 is 2.07 bits per heavy atom. The van der Waals surface area contributed by atoms with Crippen molar-refractivity contribution >= 4 is 36.3 Å². The molecule has 1 aromatic carbocycles. The Kier molecular flexibility index (Phi) is 4.20. The molecule has 29 heavy (non-hydrogen) atoms. The van der Waals surface area contributed by atoms with Gasteiger partial charge in [-0.1, -0.05) is 24.3 Å². The maximum atomic E-state index is 14.8. The quantitative estimate of drug-likeness (QED) is 0.481. The number of carbonyl (C=O) groups is 1. The van der Waals surface area contributed by atoms with Crippen molar-refractivity contribution in [2.45, 2.75) is 19.1 Å². The first-order chi connectivity index (χ1) is 14.0. The zero-order valence-electron chi connectivity index (χ0n) is 15.9. The number of carbonyl (C=O) groups excluding carboxylic acids is 1. The zero-order valence-corrected chi connectivity index (χ0v) is 16.7. The van der Waals surface area contributed by atoms with Gasteiger partial charge >= 0.3 is 0 Å². The molecule has 3 aromatic heterocycles. The topological polar surface area (TPSA) is 63.4 Å². The molecule has 1 aliphatic heterocycles. The van der Waals surface area contributed by atoms with E-state index in [0.717, 1.165) is 16.2 Å². The molecule has 6 nitrogen and oxygen atoms in total. The van der Waals surface area contributed by atoms with Crippen molar-refractivity contribution in [3.8, 4) is 10.7 Å². The van der Waals surface area contributed by atoms with Gasteiger partial charge in [0.1, 0.15) is 22.6 Å². The number of hydrogen-bond acceptors (Lipinski definition) is 5. The zero-order chi connectivity index (χ0) is 20.1. The average Bonchev–Trinajstić information content (AvgIpc) is 3.38. The molecule has 2 atom stereocenters. The highest BCUT2D eigenvalue weighted by atomic mass is 32.1. The molecule has 2 unspecified atom stereocenters. The van der Waals surface area contributed by atoms with Crippen molar-refractivity contribution in [2.75, 3.05) is 6.54 Å². The third-order valence-corrected chi connectivity index (χ3v) is 6.08. The van der Waals surface area contributed by atoms with Gasteiger partial charge in [-0.15, -0.1) is 11.3 Å². The predicted octanol–water partition coefficient (Wildman–Crippen LogP) is 2.34. The van der Waals surface area contributed by atoms with Crippen molar-refractivity contribution in [1.82, 2.24) is 24.5 Å². The summed E-state index contributed by atoms with van der Waals surface area (Å²) in [6.07, 6.45) is 0.493. The molecule has 9 heteroatoms. The minimum absolute atomic E-state index is 0.00868. The molecule has 5 rings (SSSR count). The lowest BCUT2D eigenvalue weighted by molar-refractivity contribution is 0.0585. The van der Waals surface area contributed by atoms with Crippen LogP contribution in [-0.2, 0) is 0 Å². The van der Waals surface area contributed by atoms with Crippen LogP contribution < -0.4 is 5.59 Å². The van der Waals surface area contributed by atoms with Gasteiger partial charge in [0.25, 0.3) is 5.91 Å². The van der Waals surface area contributed by atoms with Crippen molar-refractivity contribution in [1.29, 1.82) is 0 Å². The standard InChI is InChI=1S/C20H17BFN5OS/c1-11-12-4-2-3-5-13(12)14(22)10-26(11)20(28)15-8-16(19-23-6-7-29-19)27-18(24-15)9-17(21)25-27/h2-9,11,14H,10,21H2,1H3. The third-order valence-electron chi connectivity index (χ3n) is 5.29. The molecular weight excluding hydrogens is 388 g/mol. The lowest BCUT2D eigenvalue weighted by Gasteiger charge is -2.36. The van der Waals surface area contributed by atoms with Crippen LogP contribution in [0.2, 0.25) is 0 Å². The van der Waals surface area contributed by atoms with E-state index in [9.17, 15) is 9.18 Å². The summed E-state index contributed by atoms with van der Waals surface area (Å²) in [4.78, 5) is 23.8. The van der Waals surface area contributed by atoms with Crippen LogP contribution in [0.1, 0.15) is 40.8 Å². The van der Waals surface area contributed by atoms with E-state index < -0.39 is 6.17 Å². The van der Waals surface area contributed by atoms with Crippen LogP contribution in [-0.4, -0.2) is 44.8 Å². The van der Waals surface area contributed by atoms with E-state index in [4.69, 9.17) is 0 Å². The van der Waals surface area contributed by atoms with Crippen LogP contribution in [0.5, 0.6) is 0 Å². The van der Waals surface area contributed by atoms with Gasteiger partial charge in [0, 0.05) is 17.2 Å². The van der Waals surface area contributed by atoms with Gasteiger partial charge in [0.15, 0.2) is 13.5 Å². The van der Waals surface area contributed by atoms with Gasteiger partial charge in [-0.2, -0.15) is 5.10 Å². The Morgan fingerprint density at radius 3 is 2.83 bits per heavy atom. The van der Waals surface area contributed by atoms with Crippen molar-refractivity contribution in [3.05, 3.63) is 64.8 Å². The molecule has 0 saturated carbocycles. The maximum absolute atomic E-state index is 14.8. The van der Waals surface area contributed by atoms with Gasteiger partial charge in [0.2, 0.25) is 0 Å². The first-order valence-corrected chi connectivity index (χ1v) is 10.2. The molecule has 4 aromatic rings. The van der Waals surface area contributed by atoms with Crippen LogP contribution in [0.4, 0.5) is 4.39 Å². The molecule has 0 spiro atoms. The molecule has 0 N–H and O–H groups in total. The second-order valence-corrected chi connectivity index (χ2v) is 8.04. The number of alkyl halides is 1. The highest BCUT2D eigenvalue weighted by Crippen LogP contribution is 2.37. The Labute approximate surface area is 171 Å². The first-order valence-electron chi connectivity index (χ1n) is 9.34. The second-order valence-electron chi connectivity index (χ2n) is 7.15. The van der Waals surface area contributed by atoms with E-state index in [1.807, 2.05) is 44.4 Å². The van der Waals surface area contributed by atoms with E-state index in [2.05, 4.69) is 15.1 Å². The van der Waals surface area contributed by atoms with Crippen LogP contribution in [0, 0.1) is 0 Å². The largest absolute Gasteiger partial charge is 0.327 e. The fraction of sp³-hybridized carbons (Fsp3) is 0.200. The van der Waals surface area contributed by atoms with Crippen molar-refractivity contribution in [3.63, 3.8) is 0 Å². The molecule has 0 saturated heterocycles. The van der Waals surface area contributed by atoms with Gasteiger partial charge in [0.05, 0.1) is 12.6 Å². The fourth-order valence-corrected chi connectivity index (χ4v) is 4.52. The summed E-state index contributed by atoms with van der Waals surface area (Å²) in [5, 5.41) is 7.09. The summed E-state index contributed by atoms with van der Waals surface area (Å²) < 4.78 is 16.5. The van der Waals surface area contributed by atoms with E-state index in [1.165, 1.54) is 11.3 Å².